The van der Waals surface area contributed by atoms with Gasteiger partial charge in [-0.2, -0.15) is 0 Å². The van der Waals surface area contributed by atoms with E-state index in [1.807, 2.05) is 24.3 Å². The molecule has 2 rings (SSSR count). The van der Waals surface area contributed by atoms with Crippen LogP contribution in [0.2, 0.25) is 15.1 Å². The number of nitrogens with one attached hydrogen (secondary N) is 1. The first kappa shape index (κ1) is 15.7. The van der Waals surface area contributed by atoms with Gasteiger partial charge in [0.1, 0.15) is 0 Å². The minimum Gasteiger partial charge on any atom is -0.310 e. The van der Waals surface area contributed by atoms with E-state index in [4.69, 9.17) is 34.8 Å². The fourth-order valence-electron chi connectivity index (χ4n) is 1.91. The first-order valence-electron chi connectivity index (χ1n) is 6.44. The second kappa shape index (κ2) is 6.82. The van der Waals surface area contributed by atoms with E-state index in [1.165, 1.54) is 0 Å². The van der Waals surface area contributed by atoms with Gasteiger partial charge in [-0.25, -0.2) is 0 Å². The number of hydrogen-bond acceptors (Lipinski definition) is 1. The molecule has 0 radical (unpaired) electrons. The number of rotatable bonds is 4. The molecule has 2 aromatic rings. The smallest absolute Gasteiger partial charge is 0.0488 e. The fraction of sp³-hybridized carbons (Fsp3) is 0.250. The lowest BCUT2D eigenvalue weighted by Gasteiger charge is -2.11. The van der Waals surface area contributed by atoms with Gasteiger partial charge in [0.2, 0.25) is 0 Å². The minimum atomic E-state index is 0.441. The molecule has 0 aliphatic rings. The maximum absolute atomic E-state index is 6.37. The summed E-state index contributed by atoms with van der Waals surface area (Å²) >= 11 is 18.6. The molecule has 0 aliphatic carbocycles. The largest absolute Gasteiger partial charge is 0.310 e. The molecule has 2 aromatic carbocycles. The Bertz CT molecular complexity index is 609. The Hall–Kier alpha value is -0.730. The molecule has 0 aromatic heterocycles. The Balaban J connectivity index is 2.32. The van der Waals surface area contributed by atoms with Gasteiger partial charge in [0, 0.05) is 38.8 Å². The van der Waals surface area contributed by atoms with Crippen molar-refractivity contribution in [3.05, 3.63) is 57.0 Å². The van der Waals surface area contributed by atoms with Gasteiger partial charge in [0.05, 0.1) is 0 Å². The van der Waals surface area contributed by atoms with E-state index >= 15 is 0 Å². The van der Waals surface area contributed by atoms with Crippen LogP contribution in [0.15, 0.2) is 36.4 Å². The second-order valence-corrected chi connectivity index (χ2v) is 6.22. The molecule has 1 nitrogen and oxygen atoms in total. The Labute approximate surface area is 134 Å². The van der Waals surface area contributed by atoms with Crippen LogP contribution in [0.3, 0.4) is 0 Å². The predicted molar refractivity (Wildman–Crippen MR) is 88.9 cm³/mol. The zero-order valence-corrected chi connectivity index (χ0v) is 13.7. The molecule has 0 fully saturated rings. The van der Waals surface area contributed by atoms with Crippen molar-refractivity contribution in [1.29, 1.82) is 0 Å². The van der Waals surface area contributed by atoms with Gasteiger partial charge in [0.25, 0.3) is 0 Å². The zero-order chi connectivity index (χ0) is 14.7. The SMILES string of the molecule is CC(C)NCc1ccc(-c2cc(Cl)ccc2Cl)c(Cl)c1. The minimum absolute atomic E-state index is 0.441. The van der Waals surface area contributed by atoms with E-state index in [2.05, 4.69) is 19.2 Å². The lowest BCUT2D eigenvalue weighted by Crippen LogP contribution is -2.21. The summed E-state index contributed by atoms with van der Waals surface area (Å²) in [6, 6.07) is 11.8. The van der Waals surface area contributed by atoms with Crippen LogP contribution in [0.25, 0.3) is 11.1 Å². The van der Waals surface area contributed by atoms with Gasteiger partial charge >= 0.3 is 0 Å². The lowest BCUT2D eigenvalue weighted by molar-refractivity contribution is 0.589. The summed E-state index contributed by atoms with van der Waals surface area (Å²) in [6.45, 7) is 5.02. The molecule has 0 heterocycles. The molecular formula is C16H16Cl3N. The first-order valence-corrected chi connectivity index (χ1v) is 7.58. The first-order chi connectivity index (χ1) is 9.47. The maximum Gasteiger partial charge on any atom is 0.0488 e. The Morgan fingerprint density at radius 3 is 2.30 bits per heavy atom. The molecule has 0 saturated heterocycles. The molecule has 4 heteroatoms. The van der Waals surface area contributed by atoms with Crippen molar-refractivity contribution < 1.29 is 0 Å². The molecule has 0 spiro atoms. The summed E-state index contributed by atoms with van der Waals surface area (Å²) in [5.74, 6) is 0. The van der Waals surface area contributed by atoms with Gasteiger partial charge in [-0.05, 0) is 29.8 Å². The average molecular weight is 329 g/mol. The van der Waals surface area contributed by atoms with Crippen molar-refractivity contribution in [2.24, 2.45) is 0 Å². The molecule has 0 unspecified atom stereocenters. The van der Waals surface area contributed by atoms with E-state index in [9.17, 15) is 0 Å². The average Bonchev–Trinajstić information content (AvgIpc) is 2.39. The highest BCUT2D eigenvalue weighted by atomic mass is 35.5. The van der Waals surface area contributed by atoms with E-state index in [-0.39, 0.29) is 0 Å². The van der Waals surface area contributed by atoms with Gasteiger partial charge in [-0.1, -0.05) is 60.8 Å². The summed E-state index contributed by atoms with van der Waals surface area (Å²) < 4.78 is 0. The van der Waals surface area contributed by atoms with Crippen LogP contribution >= 0.6 is 34.8 Å². The highest BCUT2D eigenvalue weighted by Crippen LogP contribution is 2.35. The van der Waals surface area contributed by atoms with Gasteiger partial charge in [-0.15, -0.1) is 0 Å². The molecule has 0 atom stereocenters. The third-order valence-corrected chi connectivity index (χ3v) is 3.84. The van der Waals surface area contributed by atoms with Gasteiger partial charge in [-0.3, -0.25) is 0 Å². The topological polar surface area (TPSA) is 12.0 Å². The Morgan fingerprint density at radius 1 is 0.900 bits per heavy atom. The van der Waals surface area contributed by atoms with Crippen molar-refractivity contribution >= 4 is 34.8 Å². The summed E-state index contributed by atoms with van der Waals surface area (Å²) in [6.07, 6.45) is 0. The van der Waals surface area contributed by atoms with Crippen molar-refractivity contribution in [3.63, 3.8) is 0 Å². The highest BCUT2D eigenvalue weighted by Gasteiger charge is 2.09. The Morgan fingerprint density at radius 2 is 1.65 bits per heavy atom. The quantitative estimate of drug-likeness (QED) is 0.746. The highest BCUT2D eigenvalue weighted by molar-refractivity contribution is 6.37. The fourth-order valence-corrected chi connectivity index (χ4v) is 2.61. The van der Waals surface area contributed by atoms with E-state index in [0.29, 0.717) is 21.1 Å². The van der Waals surface area contributed by atoms with E-state index in [0.717, 1.165) is 23.2 Å². The molecule has 0 aliphatic heterocycles. The maximum atomic E-state index is 6.37. The molecule has 106 valence electrons. The second-order valence-electron chi connectivity index (χ2n) is 4.97. The van der Waals surface area contributed by atoms with Crippen molar-refractivity contribution in [3.8, 4) is 11.1 Å². The molecule has 20 heavy (non-hydrogen) atoms. The van der Waals surface area contributed by atoms with Crippen LogP contribution < -0.4 is 5.32 Å². The molecule has 0 saturated carbocycles. The summed E-state index contributed by atoms with van der Waals surface area (Å²) in [5.41, 5.74) is 2.89. The van der Waals surface area contributed by atoms with Crippen LogP contribution in [0.4, 0.5) is 0 Å². The molecule has 0 bridgehead atoms. The van der Waals surface area contributed by atoms with Gasteiger partial charge in [0.15, 0.2) is 0 Å². The van der Waals surface area contributed by atoms with Crippen molar-refractivity contribution in [2.45, 2.75) is 26.4 Å². The summed E-state index contributed by atoms with van der Waals surface area (Å²) in [4.78, 5) is 0. The van der Waals surface area contributed by atoms with Crippen LogP contribution in [0, 0.1) is 0 Å². The summed E-state index contributed by atoms with van der Waals surface area (Å²) in [7, 11) is 0. The third-order valence-electron chi connectivity index (χ3n) is 2.97. The van der Waals surface area contributed by atoms with Crippen LogP contribution in [-0.2, 0) is 6.54 Å². The van der Waals surface area contributed by atoms with Crippen molar-refractivity contribution in [1.82, 2.24) is 5.32 Å². The van der Waals surface area contributed by atoms with Crippen LogP contribution in [0.5, 0.6) is 0 Å². The lowest BCUT2D eigenvalue weighted by atomic mass is 10.0. The Kier molecular flexibility index (Phi) is 5.34. The van der Waals surface area contributed by atoms with Crippen LogP contribution in [-0.4, -0.2) is 6.04 Å². The molecular weight excluding hydrogens is 313 g/mol. The molecule has 0 amide bonds. The monoisotopic (exact) mass is 327 g/mol. The summed E-state index contributed by atoms with van der Waals surface area (Å²) in [5, 5.41) is 5.33. The standard InChI is InChI=1S/C16H16Cl3N/c1-10(2)20-9-11-3-5-13(16(19)7-11)14-8-12(17)4-6-15(14)18/h3-8,10,20H,9H2,1-2H3. The number of hydrogen-bond donors (Lipinski definition) is 1. The van der Waals surface area contributed by atoms with Crippen molar-refractivity contribution in [2.75, 3.05) is 0 Å². The molecule has 1 N–H and O–H groups in total. The predicted octanol–water partition coefficient (Wildman–Crippen LogP) is 5.81. The third kappa shape index (κ3) is 3.89. The van der Waals surface area contributed by atoms with Gasteiger partial charge < -0.3 is 5.32 Å². The van der Waals surface area contributed by atoms with Crippen LogP contribution in [0.1, 0.15) is 19.4 Å². The van der Waals surface area contributed by atoms with E-state index in [1.54, 1.807) is 12.1 Å². The number of benzene rings is 2. The number of halogens is 3. The normalized spacial score (nSPS) is 11.1. The van der Waals surface area contributed by atoms with E-state index < -0.39 is 0 Å². The zero-order valence-electron chi connectivity index (χ0n) is 11.4.